The van der Waals surface area contributed by atoms with Gasteiger partial charge < -0.3 is 24.3 Å². The van der Waals surface area contributed by atoms with Crippen LogP contribution in [0.25, 0.3) is 0 Å². The van der Waals surface area contributed by atoms with Gasteiger partial charge in [-0.1, -0.05) is 6.07 Å². The molecule has 1 fully saturated rings. The molecule has 1 N–H and O–H groups in total. The molecule has 0 aliphatic carbocycles. The van der Waals surface area contributed by atoms with Gasteiger partial charge in [-0.2, -0.15) is 0 Å². The summed E-state index contributed by atoms with van der Waals surface area (Å²) in [5, 5.41) is 2.82. The van der Waals surface area contributed by atoms with Gasteiger partial charge in [-0.25, -0.2) is 0 Å². The highest BCUT2D eigenvalue weighted by Crippen LogP contribution is 2.34. The zero-order valence-electron chi connectivity index (χ0n) is 16.3. The molecule has 3 heterocycles. The van der Waals surface area contributed by atoms with Crippen LogP contribution in [0, 0.1) is 6.92 Å². The minimum Gasteiger partial charge on any atom is -0.489 e. The molecule has 7 nitrogen and oxygen atoms in total. The zero-order valence-corrected chi connectivity index (χ0v) is 16.3. The monoisotopic (exact) mass is 396 g/mol. The number of ether oxygens (including phenoxy) is 4. The van der Waals surface area contributed by atoms with Crippen molar-refractivity contribution in [1.29, 1.82) is 0 Å². The fraction of sp³-hybridized carbons (Fsp3) is 0.409. The van der Waals surface area contributed by atoms with Crippen molar-refractivity contribution in [2.45, 2.75) is 25.6 Å². The van der Waals surface area contributed by atoms with Crippen LogP contribution in [0.15, 0.2) is 36.4 Å². The lowest BCUT2D eigenvalue weighted by Crippen LogP contribution is -2.40. The van der Waals surface area contributed by atoms with Crippen LogP contribution in [0.3, 0.4) is 0 Å². The minimum absolute atomic E-state index is 0.0131. The Labute approximate surface area is 169 Å². The number of benzene rings is 2. The van der Waals surface area contributed by atoms with Gasteiger partial charge in [0.2, 0.25) is 0 Å². The van der Waals surface area contributed by atoms with Gasteiger partial charge in [0.1, 0.15) is 30.3 Å². The first kappa shape index (κ1) is 18.1. The number of rotatable bonds is 4. The molecule has 1 amide bonds. The third kappa shape index (κ3) is 3.96. The topological polar surface area (TPSA) is 69.3 Å². The van der Waals surface area contributed by atoms with E-state index in [4.69, 9.17) is 18.9 Å². The highest BCUT2D eigenvalue weighted by molar-refractivity contribution is 5.95. The number of carbonyl (C=O) groups excluding carboxylic acids is 1. The molecule has 2 aromatic carbocycles. The molecule has 5 rings (SSSR count). The predicted octanol–water partition coefficient (Wildman–Crippen LogP) is 2.62. The summed E-state index contributed by atoms with van der Waals surface area (Å²) in [4.78, 5) is 13.9. The largest absolute Gasteiger partial charge is 0.489 e. The normalized spacial score (nSPS) is 23.1. The lowest BCUT2D eigenvalue weighted by Gasteiger charge is -2.29. The molecular weight excluding hydrogens is 372 g/mol. The molecule has 1 saturated heterocycles. The van der Waals surface area contributed by atoms with Crippen molar-refractivity contribution in [3.05, 3.63) is 42.0 Å². The van der Waals surface area contributed by atoms with E-state index in [1.807, 2.05) is 43.3 Å². The van der Waals surface area contributed by atoms with Gasteiger partial charge in [-0.3, -0.25) is 9.69 Å². The predicted molar refractivity (Wildman–Crippen MR) is 107 cm³/mol. The summed E-state index contributed by atoms with van der Waals surface area (Å²) in [6.07, 6.45) is 1.06. The van der Waals surface area contributed by atoms with Crippen molar-refractivity contribution in [1.82, 2.24) is 4.90 Å². The Morgan fingerprint density at radius 2 is 2.03 bits per heavy atom. The summed E-state index contributed by atoms with van der Waals surface area (Å²) >= 11 is 0. The Hall–Kier alpha value is -2.93. The maximum Gasteiger partial charge on any atom is 0.262 e. The van der Waals surface area contributed by atoms with Crippen LogP contribution >= 0.6 is 0 Å². The fourth-order valence-electron chi connectivity index (χ4n) is 3.99. The van der Waals surface area contributed by atoms with Gasteiger partial charge >= 0.3 is 0 Å². The molecule has 2 aromatic rings. The number of hydrogen-bond acceptors (Lipinski definition) is 6. The first-order chi connectivity index (χ1) is 14.1. The molecular formula is C22H24N2O5. The number of amides is 1. The number of anilines is 1. The van der Waals surface area contributed by atoms with E-state index in [0.29, 0.717) is 18.0 Å². The summed E-state index contributed by atoms with van der Waals surface area (Å²) in [5.41, 5.74) is 1.82. The van der Waals surface area contributed by atoms with E-state index in [-0.39, 0.29) is 24.7 Å². The number of fused-ring (bicyclic) bond motifs is 2. The van der Waals surface area contributed by atoms with E-state index >= 15 is 0 Å². The van der Waals surface area contributed by atoms with E-state index in [1.165, 1.54) is 0 Å². The molecule has 3 aliphatic rings. The van der Waals surface area contributed by atoms with Crippen molar-refractivity contribution in [2.24, 2.45) is 0 Å². The number of likely N-dealkylation sites (tertiary alicyclic amines) is 1. The second-order valence-electron chi connectivity index (χ2n) is 7.78. The second kappa shape index (κ2) is 7.48. The summed E-state index contributed by atoms with van der Waals surface area (Å²) in [5.74, 6) is 2.91. The fourth-order valence-corrected chi connectivity index (χ4v) is 3.99. The van der Waals surface area contributed by atoms with Gasteiger partial charge in [0.05, 0.1) is 5.69 Å². The van der Waals surface area contributed by atoms with Crippen molar-refractivity contribution < 1.29 is 23.7 Å². The summed E-state index contributed by atoms with van der Waals surface area (Å²) < 4.78 is 23.5. The van der Waals surface area contributed by atoms with Gasteiger partial charge in [-0.05, 0) is 43.2 Å². The smallest absolute Gasteiger partial charge is 0.262 e. The van der Waals surface area contributed by atoms with Crippen molar-refractivity contribution >= 4 is 11.6 Å². The van der Waals surface area contributed by atoms with E-state index in [0.717, 1.165) is 48.9 Å². The van der Waals surface area contributed by atoms with Crippen LogP contribution in [0.2, 0.25) is 0 Å². The number of aryl methyl sites for hydroxylation is 1. The maximum atomic E-state index is 11.5. The average molecular weight is 396 g/mol. The number of nitrogens with zero attached hydrogens (tertiary/aromatic N) is 1. The molecule has 0 radical (unpaired) electrons. The molecule has 0 spiro atoms. The molecule has 0 aromatic heterocycles. The second-order valence-corrected chi connectivity index (χ2v) is 7.78. The van der Waals surface area contributed by atoms with Crippen molar-refractivity contribution in [2.75, 3.05) is 38.2 Å². The molecule has 2 atom stereocenters. The summed E-state index contributed by atoms with van der Waals surface area (Å²) in [7, 11) is 0. The van der Waals surface area contributed by atoms with E-state index < -0.39 is 0 Å². The van der Waals surface area contributed by atoms with E-state index in [9.17, 15) is 4.79 Å². The third-order valence-electron chi connectivity index (χ3n) is 5.40. The molecule has 0 unspecified atom stereocenters. The van der Waals surface area contributed by atoms with Crippen LogP contribution in [0.4, 0.5) is 5.69 Å². The lowest BCUT2D eigenvalue weighted by molar-refractivity contribution is -0.118. The minimum atomic E-state index is -0.145. The lowest BCUT2D eigenvalue weighted by atomic mass is 10.2. The molecule has 152 valence electrons. The Kier molecular flexibility index (Phi) is 4.67. The summed E-state index contributed by atoms with van der Waals surface area (Å²) in [6.45, 7) is 5.26. The van der Waals surface area contributed by atoms with Crippen LogP contribution in [-0.2, 0) is 4.79 Å². The quantitative estimate of drug-likeness (QED) is 0.857. The highest BCUT2D eigenvalue weighted by atomic mass is 16.6. The Balaban J connectivity index is 1.16. The molecule has 7 heteroatoms. The standard InChI is InChI=1S/C22H24N2O5/c1-14-2-4-20-21(8-14)29-17(12-26-20)11-24-7-6-16(10-24)28-15-3-5-19-18(9-15)23-22(25)13-27-19/h2-5,8-9,16-17H,6-7,10-13H2,1H3,(H,23,25)/t16-,17+/m1/s1. The Morgan fingerprint density at radius 3 is 2.97 bits per heavy atom. The van der Waals surface area contributed by atoms with Crippen LogP contribution in [0.1, 0.15) is 12.0 Å². The van der Waals surface area contributed by atoms with Crippen LogP contribution < -0.4 is 24.3 Å². The summed E-state index contributed by atoms with van der Waals surface area (Å²) in [6, 6.07) is 11.6. The number of hydrogen-bond donors (Lipinski definition) is 1. The van der Waals surface area contributed by atoms with Gasteiger partial charge in [0.15, 0.2) is 18.1 Å². The molecule has 0 bridgehead atoms. The van der Waals surface area contributed by atoms with Crippen LogP contribution in [-0.4, -0.2) is 55.9 Å². The molecule has 3 aliphatic heterocycles. The first-order valence-corrected chi connectivity index (χ1v) is 9.98. The first-order valence-electron chi connectivity index (χ1n) is 9.98. The Bertz CT molecular complexity index is 931. The SMILES string of the molecule is Cc1ccc2c(c1)O[C@@H](CN1CC[C@@H](Oc3ccc4c(c3)NC(=O)CO4)C1)CO2. The Morgan fingerprint density at radius 1 is 1.14 bits per heavy atom. The van der Waals surface area contributed by atoms with Crippen LogP contribution in [0.5, 0.6) is 23.0 Å². The molecule has 0 saturated carbocycles. The van der Waals surface area contributed by atoms with E-state index in [2.05, 4.69) is 10.2 Å². The maximum absolute atomic E-state index is 11.5. The van der Waals surface area contributed by atoms with Gasteiger partial charge in [0.25, 0.3) is 5.91 Å². The molecule has 29 heavy (non-hydrogen) atoms. The van der Waals surface area contributed by atoms with Gasteiger partial charge in [-0.15, -0.1) is 0 Å². The van der Waals surface area contributed by atoms with Gasteiger partial charge in [0, 0.05) is 25.7 Å². The average Bonchev–Trinajstić information content (AvgIpc) is 3.14. The zero-order chi connectivity index (χ0) is 19.8. The highest BCUT2D eigenvalue weighted by Gasteiger charge is 2.29. The number of carbonyl (C=O) groups is 1. The van der Waals surface area contributed by atoms with Crippen molar-refractivity contribution in [3.8, 4) is 23.0 Å². The number of nitrogens with one attached hydrogen (secondary N) is 1. The third-order valence-corrected chi connectivity index (χ3v) is 5.40. The van der Waals surface area contributed by atoms with E-state index in [1.54, 1.807) is 0 Å². The van der Waals surface area contributed by atoms with Crippen molar-refractivity contribution in [3.63, 3.8) is 0 Å².